The Morgan fingerprint density at radius 3 is 2.47 bits per heavy atom. The third-order valence-electron chi connectivity index (χ3n) is 2.71. The summed E-state index contributed by atoms with van der Waals surface area (Å²) in [5.41, 5.74) is 0. The van der Waals surface area contributed by atoms with Crippen LogP contribution in [0.1, 0.15) is 53.4 Å². The summed E-state index contributed by atoms with van der Waals surface area (Å²) in [5, 5.41) is 13.0. The molecular formula is C14H31NO2. The number of rotatable bonds is 11. The molecule has 0 aliphatic carbocycles. The van der Waals surface area contributed by atoms with Crippen LogP contribution in [0.3, 0.4) is 0 Å². The van der Waals surface area contributed by atoms with Crippen molar-refractivity contribution in [2.24, 2.45) is 5.92 Å². The highest BCUT2D eigenvalue weighted by Gasteiger charge is 2.09. The zero-order valence-electron chi connectivity index (χ0n) is 12.0. The first-order valence-corrected chi connectivity index (χ1v) is 7.06. The van der Waals surface area contributed by atoms with Crippen molar-refractivity contribution in [3.05, 3.63) is 0 Å². The number of nitrogens with one attached hydrogen (secondary N) is 1. The fraction of sp³-hybridized carbons (Fsp3) is 1.00. The molecule has 0 amide bonds. The highest BCUT2D eigenvalue weighted by molar-refractivity contribution is 4.61. The standard InChI is InChI=1S/C14H31NO2/c1-5-6-7-8-15-10-14(16)11-17-13(4)9-12(2)3/h12-16H,5-11H2,1-4H3. The number of aliphatic hydroxyl groups is 1. The summed E-state index contributed by atoms with van der Waals surface area (Å²) in [6, 6.07) is 0. The highest BCUT2D eigenvalue weighted by atomic mass is 16.5. The van der Waals surface area contributed by atoms with Gasteiger partial charge in [0.15, 0.2) is 0 Å². The predicted octanol–water partition coefficient (Wildman–Crippen LogP) is 2.58. The van der Waals surface area contributed by atoms with Gasteiger partial charge in [0.25, 0.3) is 0 Å². The summed E-state index contributed by atoms with van der Waals surface area (Å²) < 4.78 is 5.60. The minimum Gasteiger partial charge on any atom is -0.389 e. The minimum atomic E-state index is -0.383. The Kier molecular flexibility index (Phi) is 10.9. The zero-order chi connectivity index (χ0) is 13.1. The molecule has 0 saturated carbocycles. The van der Waals surface area contributed by atoms with Gasteiger partial charge < -0.3 is 15.2 Å². The smallest absolute Gasteiger partial charge is 0.0897 e. The zero-order valence-corrected chi connectivity index (χ0v) is 12.0. The second-order valence-corrected chi connectivity index (χ2v) is 5.34. The minimum absolute atomic E-state index is 0.241. The van der Waals surface area contributed by atoms with Gasteiger partial charge in [0.1, 0.15) is 0 Å². The van der Waals surface area contributed by atoms with E-state index < -0.39 is 0 Å². The summed E-state index contributed by atoms with van der Waals surface area (Å²) >= 11 is 0. The Labute approximate surface area is 107 Å². The van der Waals surface area contributed by atoms with E-state index in [1.165, 1.54) is 19.3 Å². The molecule has 0 aromatic rings. The van der Waals surface area contributed by atoms with Gasteiger partial charge in [-0.1, -0.05) is 33.6 Å². The van der Waals surface area contributed by atoms with Gasteiger partial charge in [-0.15, -0.1) is 0 Å². The second kappa shape index (κ2) is 11.0. The highest BCUT2D eigenvalue weighted by Crippen LogP contribution is 2.07. The van der Waals surface area contributed by atoms with E-state index in [0.717, 1.165) is 13.0 Å². The summed E-state index contributed by atoms with van der Waals surface area (Å²) in [4.78, 5) is 0. The van der Waals surface area contributed by atoms with Gasteiger partial charge in [-0.25, -0.2) is 0 Å². The molecule has 17 heavy (non-hydrogen) atoms. The maximum absolute atomic E-state index is 9.70. The van der Waals surface area contributed by atoms with Gasteiger partial charge in [0.05, 0.1) is 18.8 Å². The number of aliphatic hydroxyl groups excluding tert-OH is 1. The molecule has 0 aromatic carbocycles. The van der Waals surface area contributed by atoms with Crippen molar-refractivity contribution in [3.8, 4) is 0 Å². The lowest BCUT2D eigenvalue weighted by Crippen LogP contribution is -2.32. The molecule has 3 heteroatoms. The van der Waals surface area contributed by atoms with Crippen LogP contribution in [-0.2, 0) is 4.74 Å². The number of unbranched alkanes of at least 4 members (excludes halogenated alkanes) is 2. The Morgan fingerprint density at radius 2 is 1.88 bits per heavy atom. The van der Waals surface area contributed by atoms with E-state index in [-0.39, 0.29) is 12.2 Å². The molecule has 2 unspecified atom stereocenters. The lowest BCUT2D eigenvalue weighted by molar-refractivity contribution is -0.00843. The van der Waals surface area contributed by atoms with Gasteiger partial charge in [-0.2, -0.15) is 0 Å². The Bertz CT molecular complexity index is 162. The average Bonchev–Trinajstić information content (AvgIpc) is 2.25. The molecule has 2 N–H and O–H groups in total. The monoisotopic (exact) mass is 245 g/mol. The maximum atomic E-state index is 9.70. The molecule has 0 spiro atoms. The molecule has 2 atom stereocenters. The first kappa shape index (κ1) is 16.9. The Hall–Kier alpha value is -0.120. The summed E-state index contributed by atoms with van der Waals surface area (Å²) in [5.74, 6) is 0.648. The SMILES string of the molecule is CCCCCNCC(O)COC(C)CC(C)C. The van der Waals surface area contributed by atoms with Crippen LogP contribution in [0.25, 0.3) is 0 Å². The predicted molar refractivity (Wildman–Crippen MR) is 73.3 cm³/mol. The first-order valence-electron chi connectivity index (χ1n) is 7.06. The van der Waals surface area contributed by atoms with Crippen molar-refractivity contribution >= 4 is 0 Å². The topological polar surface area (TPSA) is 41.5 Å². The summed E-state index contributed by atoms with van der Waals surface area (Å²) in [6.45, 7) is 10.7. The molecule has 0 fully saturated rings. The van der Waals surface area contributed by atoms with E-state index in [1.54, 1.807) is 0 Å². The van der Waals surface area contributed by atoms with Crippen molar-refractivity contribution in [2.45, 2.75) is 65.6 Å². The number of hydrogen-bond acceptors (Lipinski definition) is 3. The van der Waals surface area contributed by atoms with Crippen LogP contribution < -0.4 is 5.32 Å². The lowest BCUT2D eigenvalue weighted by atomic mass is 10.1. The largest absolute Gasteiger partial charge is 0.389 e. The molecule has 0 saturated heterocycles. The molecule has 0 aliphatic rings. The summed E-state index contributed by atoms with van der Waals surface area (Å²) in [6.07, 6.45) is 4.59. The van der Waals surface area contributed by atoms with Gasteiger partial charge >= 0.3 is 0 Å². The molecule has 0 rings (SSSR count). The van der Waals surface area contributed by atoms with Crippen LogP contribution in [0.4, 0.5) is 0 Å². The molecule has 0 bridgehead atoms. The molecule has 0 aromatic heterocycles. The van der Waals surface area contributed by atoms with Crippen molar-refractivity contribution in [1.82, 2.24) is 5.32 Å². The molecule has 0 heterocycles. The van der Waals surface area contributed by atoms with Crippen LogP contribution in [0, 0.1) is 5.92 Å². The quantitative estimate of drug-likeness (QED) is 0.550. The third kappa shape index (κ3) is 12.1. The molecule has 0 radical (unpaired) electrons. The fourth-order valence-electron chi connectivity index (χ4n) is 1.83. The number of hydrogen-bond donors (Lipinski definition) is 2. The van der Waals surface area contributed by atoms with E-state index in [2.05, 4.69) is 33.0 Å². The molecule has 104 valence electrons. The molecule has 0 aliphatic heterocycles. The summed E-state index contributed by atoms with van der Waals surface area (Å²) in [7, 11) is 0. The van der Waals surface area contributed by atoms with Crippen LogP contribution >= 0.6 is 0 Å². The lowest BCUT2D eigenvalue weighted by Gasteiger charge is -2.18. The number of ether oxygens (including phenoxy) is 1. The van der Waals surface area contributed by atoms with Crippen molar-refractivity contribution < 1.29 is 9.84 Å². The van der Waals surface area contributed by atoms with Crippen LogP contribution in [0.5, 0.6) is 0 Å². The Balaban J connectivity index is 3.36. The maximum Gasteiger partial charge on any atom is 0.0897 e. The van der Waals surface area contributed by atoms with Crippen molar-refractivity contribution in [1.29, 1.82) is 0 Å². The van der Waals surface area contributed by atoms with E-state index in [4.69, 9.17) is 4.74 Å². The average molecular weight is 245 g/mol. The molecule has 3 nitrogen and oxygen atoms in total. The Morgan fingerprint density at radius 1 is 1.18 bits per heavy atom. The van der Waals surface area contributed by atoms with Gasteiger partial charge in [-0.05, 0) is 32.2 Å². The van der Waals surface area contributed by atoms with Crippen molar-refractivity contribution in [3.63, 3.8) is 0 Å². The first-order chi connectivity index (χ1) is 8.06. The van der Waals surface area contributed by atoms with Crippen molar-refractivity contribution in [2.75, 3.05) is 19.7 Å². The van der Waals surface area contributed by atoms with E-state index in [9.17, 15) is 5.11 Å². The van der Waals surface area contributed by atoms with E-state index in [0.29, 0.717) is 19.1 Å². The van der Waals surface area contributed by atoms with E-state index >= 15 is 0 Å². The van der Waals surface area contributed by atoms with Crippen LogP contribution in [-0.4, -0.2) is 37.0 Å². The normalized spacial score (nSPS) is 15.2. The molecular weight excluding hydrogens is 214 g/mol. The van der Waals surface area contributed by atoms with Crippen LogP contribution in [0.15, 0.2) is 0 Å². The van der Waals surface area contributed by atoms with Gasteiger partial charge in [0, 0.05) is 6.54 Å². The van der Waals surface area contributed by atoms with Gasteiger partial charge in [-0.3, -0.25) is 0 Å². The van der Waals surface area contributed by atoms with Crippen LogP contribution in [0.2, 0.25) is 0 Å². The van der Waals surface area contributed by atoms with Gasteiger partial charge in [0.2, 0.25) is 0 Å². The second-order valence-electron chi connectivity index (χ2n) is 5.34. The third-order valence-corrected chi connectivity index (χ3v) is 2.71. The fourth-order valence-corrected chi connectivity index (χ4v) is 1.83. The van der Waals surface area contributed by atoms with E-state index in [1.807, 2.05) is 0 Å².